The average molecular weight is 262 g/mol. The molecular formula is C8H7IO2. The van der Waals surface area contributed by atoms with Gasteiger partial charge in [0, 0.05) is 15.6 Å². The van der Waals surface area contributed by atoms with Gasteiger partial charge >= 0.3 is 0 Å². The number of benzene rings is 1. The molecule has 0 saturated carbocycles. The highest BCUT2D eigenvalue weighted by Crippen LogP contribution is 2.24. The molecule has 0 fully saturated rings. The van der Waals surface area contributed by atoms with Gasteiger partial charge in [-0.25, -0.2) is 0 Å². The predicted molar refractivity (Wildman–Crippen MR) is 49.4 cm³/mol. The summed E-state index contributed by atoms with van der Waals surface area (Å²) in [5.41, 5.74) is 1.24. The smallest absolute Gasteiger partial charge is 0.168 e. The third-order valence-corrected chi connectivity index (χ3v) is 2.30. The van der Waals surface area contributed by atoms with Gasteiger partial charge in [0.05, 0.1) is 6.61 Å². The van der Waals surface area contributed by atoms with Crippen LogP contribution in [0.25, 0.3) is 0 Å². The molecule has 2 rings (SSSR count). The molecule has 0 N–H and O–H groups in total. The van der Waals surface area contributed by atoms with Crippen molar-refractivity contribution in [2.24, 2.45) is 0 Å². The largest absolute Gasteiger partial charge is 0.337 e. The molecule has 0 aliphatic carbocycles. The minimum Gasteiger partial charge on any atom is -0.337 e. The summed E-state index contributed by atoms with van der Waals surface area (Å²) in [5, 5.41) is 0. The van der Waals surface area contributed by atoms with Crippen LogP contribution in [0.1, 0.15) is 5.56 Å². The van der Waals surface area contributed by atoms with E-state index in [1.165, 1.54) is 9.13 Å². The Labute approximate surface area is 78.6 Å². The Morgan fingerprint density at radius 1 is 1.36 bits per heavy atom. The fourth-order valence-corrected chi connectivity index (χ4v) is 1.64. The van der Waals surface area contributed by atoms with Crippen LogP contribution in [0.4, 0.5) is 0 Å². The highest BCUT2D eigenvalue weighted by molar-refractivity contribution is 14.1. The van der Waals surface area contributed by atoms with Crippen LogP contribution in [0.2, 0.25) is 0 Å². The van der Waals surface area contributed by atoms with Crippen LogP contribution in [0.5, 0.6) is 5.75 Å². The van der Waals surface area contributed by atoms with Crippen LogP contribution in [-0.2, 0) is 11.3 Å². The van der Waals surface area contributed by atoms with Crippen molar-refractivity contribution in [3.63, 3.8) is 0 Å². The maximum Gasteiger partial charge on any atom is 0.168 e. The van der Waals surface area contributed by atoms with E-state index in [2.05, 4.69) is 28.7 Å². The maximum absolute atomic E-state index is 4.98. The number of hydrogen-bond acceptors (Lipinski definition) is 2. The number of halogens is 1. The molecule has 1 aromatic rings. The van der Waals surface area contributed by atoms with E-state index in [0.29, 0.717) is 6.61 Å². The maximum atomic E-state index is 4.98. The van der Waals surface area contributed by atoms with Crippen molar-refractivity contribution in [2.45, 2.75) is 6.42 Å². The van der Waals surface area contributed by atoms with Crippen molar-refractivity contribution in [3.8, 4) is 5.75 Å². The lowest BCUT2D eigenvalue weighted by atomic mass is 10.1. The Morgan fingerprint density at radius 2 is 2.27 bits per heavy atom. The SMILES string of the molecule is Ic1ccc2c(c1)CCOO2. The summed E-state index contributed by atoms with van der Waals surface area (Å²) in [6, 6.07) is 6.07. The Hall–Kier alpha value is -0.290. The first kappa shape index (κ1) is 7.36. The Morgan fingerprint density at radius 3 is 3.18 bits per heavy atom. The van der Waals surface area contributed by atoms with Crippen molar-refractivity contribution in [2.75, 3.05) is 6.61 Å². The molecule has 2 nitrogen and oxygen atoms in total. The van der Waals surface area contributed by atoms with E-state index in [-0.39, 0.29) is 0 Å². The second-order valence-electron chi connectivity index (χ2n) is 2.41. The lowest BCUT2D eigenvalue weighted by molar-refractivity contribution is -0.215. The first-order chi connectivity index (χ1) is 5.36. The lowest BCUT2D eigenvalue weighted by Gasteiger charge is -2.14. The fraction of sp³-hybridized carbons (Fsp3) is 0.250. The van der Waals surface area contributed by atoms with Gasteiger partial charge in [-0.1, -0.05) is 0 Å². The molecule has 0 saturated heterocycles. The summed E-state index contributed by atoms with van der Waals surface area (Å²) in [5.74, 6) is 0.858. The predicted octanol–water partition coefficient (Wildman–Crippen LogP) is 2.16. The van der Waals surface area contributed by atoms with Gasteiger partial charge in [0.2, 0.25) is 0 Å². The Balaban J connectivity index is 2.43. The van der Waals surface area contributed by atoms with E-state index in [9.17, 15) is 0 Å². The first-order valence-electron chi connectivity index (χ1n) is 3.44. The number of fused-ring (bicyclic) bond motifs is 1. The highest BCUT2D eigenvalue weighted by atomic mass is 127. The van der Waals surface area contributed by atoms with Gasteiger partial charge in [-0.15, -0.1) is 0 Å². The van der Waals surface area contributed by atoms with Gasteiger partial charge in [-0.2, -0.15) is 4.89 Å². The molecule has 1 aliphatic rings. The Kier molecular flexibility index (Phi) is 2.00. The summed E-state index contributed by atoms with van der Waals surface area (Å²) in [7, 11) is 0. The van der Waals surface area contributed by atoms with Gasteiger partial charge in [0.15, 0.2) is 5.75 Å². The molecule has 3 heteroatoms. The zero-order valence-corrected chi connectivity index (χ0v) is 8.00. The van der Waals surface area contributed by atoms with Gasteiger partial charge in [-0.05, 0) is 40.8 Å². The normalized spacial score (nSPS) is 15.4. The Bertz CT molecular complexity index is 273. The third-order valence-electron chi connectivity index (χ3n) is 1.63. The van der Waals surface area contributed by atoms with Gasteiger partial charge in [0.25, 0.3) is 0 Å². The topological polar surface area (TPSA) is 18.5 Å². The fourth-order valence-electron chi connectivity index (χ4n) is 1.08. The highest BCUT2D eigenvalue weighted by Gasteiger charge is 2.10. The van der Waals surface area contributed by atoms with E-state index in [4.69, 9.17) is 9.78 Å². The molecule has 0 bridgehead atoms. The van der Waals surface area contributed by atoms with Gasteiger partial charge < -0.3 is 4.89 Å². The lowest BCUT2D eigenvalue weighted by Crippen LogP contribution is -2.10. The van der Waals surface area contributed by atoms with E-state index < -0.39 is 0 Å². The summed E-state index contributed by atoms with van der Waals surface area (Å²) in [4.78, 5) is 9.81. The molecule has 0 aromatic heterocycles. The molecule has 1 aliphatic heterocycles. The van der Waals surface area contributed by atoms with Gasteiger partial charge in [-0.3, -0.25) is 0 Å². The molecule has 0 spiro atoms. The standard InChI is InChI=1S/C8H7IO2/c9-7-1-2-8-6(5-7)3-4-10-11-8/h1-2,5H,3-4H2. The second kappa shape index (κ2) is 2.98. The molecule has 11 heavy (non-hydrogen) atoms. The van der Waals surface area contributed by atoms with Crippen LogP contribution >= 0.6 is 22.6 Å². The molecule has 0 amide bonds. The van der Waals surface area contributed by atoms with Crippen LogP contribution < -0.4 is 4.89 Å². The van der Waals surface area contributed by atoms with Crippen LogP contribution in [0.15, 0.2) is 18.2 Å². The molecule has 58 valence electrons. The van der Waals surface area contributed by atoms with Crippen molar-refractivity contribution in [1.82, 2.24) is 0 Å². The number of rotatable bonds is 0. The van der Waals surface area contributed by atoms with Crippen molar-refractivity contribution in [1.29, 1.82) is 0 Å². The zero-order chi connectivity index (χ0) is 7.68. The first-order valence-corrected chi connectivity index (χ1v) is 4.52. The minimum atomic E-state index is 0.660. The van der Waals surface area contributed by atoms with E-state index in [0.717, 1.165) is 12.2 Å². The van der Waals surface area contributed by atoms with Crippen molar-refractivity contribution >= 4 is 22.6 Å². The molecular weight excluding hydrogens is 255 g/mol. The quantitative estimate of drug-likeness (QED) is 0.527. The monoisotopic (exact) mass is 262 g/mol. The van der Waals surface area contributed by atoms with Crippen LogP contribution in [0.3, 0.4) is 0 Å². The number of hydrogen-bond donors (Lipinski definition) is 0. The van der Waals surface area contributed by atoms with Crippen molar-refractivity contribution < 1.29 is 9.78 Å². The minimum absolute atomic E-state index is 0.660. The summed E-state index contributed by atoms with van der Waals surface area (Å²) in [6.45, 7) is 0.660. The molecule has 0 radical (unpaired) electrons. The molecule has 0 atom stereocenters. The second-order valence-corrected chi connectivity index (χ2v) is 3.65. The van der Waals surface area contributed by atoms with E-state index >= 15 is 0 Å². The van der Waals surface area contributed by atoms with Crippen molar-refractivity contribution in [3.05, 3.63) is 27.3 Å². The van der Waals surface area contributed by atoms with Crippen LogP contribution in [0, 0.1) is 3.57 Å². The van der Waals surface area contributed by atoms with E-state index in [1.807, 2.05) is 12.1 Å². The zero-order valence-electron chi connectivity index (χ0n) is 5.84. The summed E-state index contributed by atoms with van der Waals surface area (Å²) in [6.07, 6.45) is 0.951. The molecule has 0 unspecified atom stereocenters. The van der Waals surface area contributed by atoms with Crippen LogP contribution in [-0.4, -0.2) is 6.61 Å². The third kappa shape index (κ3) is 1.49. The summed E-state index contributed by atoms with van der Waals surface area (Å²) >= 11 is 2.29. The average Bonchev–Trinajstić information content (AvgIpc) is 2.04. The molecule has 1 heterocycles. The van der Waals surface area contributed by atoms with Gasteiger partial charge in [0.1, 0.15) is 0 Å². The molecule has 1 aromatic carbocycles. The summed E-state index contributed by atoms with van der Waals surface area (Å²) < 4.78 is 1.24. The van der Waals surface area contributed by atoms with E-state index in [1.54, 1.807) is 0 Å².